The highest BCUT2D eigenvalue weighted by molar-refractivity contribution is 6.59. The van der Waals surface area contributed by atoms with E-state index in [1.165, 1.54) is 18.2 Å². The van der Waals surface area contributed by atoms with Crippen molar-refractivity contribution in [2.45, 2.75) is 26.4 Å². The van der Waals surface area contributed by atoms with Crippen LogP contribution in [0.1, 0.15) is 20.8 Å². The second-order valence-electron chi connectivity index (χ2n) is 5.59. The summed E-state index contributed by atoms with van der Waals surface area (Å²) in [5, 5.41) is 28.8. The lowest BCUT2D eigenvalue weighted by Gasteiger charge is -2.21. The SMILES string of the molecule is CC(C)(C)OC(=O)n1c(B(O)O)cc2c(Cl)c(O)ccc21. The van der Waals surface area contributed by atoms with Crippen molar-refractivity contribution < 1.29 is 24.7 Å². The van der Waals surface area contributed by atoms with E-state index < -0.39 is 18.8 Å². The highest BCUT2D eigenvalue weighted by Crippen LogP contribution is 2.32. The van der Waals surface area contributed by atoms with Gasteiger partial charge in [-0.3, -0.25) is 4.57 Å². The quantitative estimate of drug-likeness (QED) is 0.694. The number of carbonyl (C=O) groups is 1. The van der Waals surface area contributed by atoms with Crippen LogP contribution in [0, 0.1) is 0 Å². The van der Waals surface area contributed by atoms with Gasteiger partial charge in [0.15, 0.2) is 0 Å². The van der Waals surface area contributed by atoms with Gasteiger partial charge >= 0.3 is 13.2 Å². The van der Waals surface area contributed by atoms with Gasteiger partial charge in [0.25, 0.3) is 0 Å². The van der Waals surface area contributed by atoms with Crippen molar-refractivity contribution in [3.8, 4) is 5.75 Å². The van der Waals surface area contributed by atoms with Gasteiger partial charge in [-0.1, -0.05) is 11.6 Å². The molecule has 2 rings (SSSR count). The predicted octanol–water partition coefficient (Wildman–Crippen LogP) is 1.46. The Labute approximate surface area is 126 Å². The van der Waals surface area contributed by atoms with Crippen LogP contribution in [0.15, 0.2) is 18.2 Å². The molecule has 0 radical (unpaired) electrons. The summed E-state index contributed by atoms with van der Waals surface area (Å²) in [7, 11) is -1.89. The third-order valence-electron chi connectivity index (χ3n) is 2.77. The first-order valence-electron chi connectivity index (χ1n) is 6.24. The molecule has 112 valence electrons. The van der Waals surface area contributed by atoms with Gasteiger partial charge in [0.05, 0.1) is 16.1 Å². The number of hydrogen-bond acceptors (Lipinski definition) is 5. The standard InChI is InChI=1S/C13H15BClNO5/c1-13(2,3)21-12(18)16-8-4-5-9(17)11(15)7(8)6-10(16)14(19)20/h4-6,17,19-20H,1-3H3. The minimum absolute atomic E-state index is 0.0247. The molecule has 6 nitrogen and oxygen atoms in total. The Balaban J connectivity index is 2.68. The summed E-state index contributed by atoms with van der Waals surface area (Å²) in [6.45, 7) is 5.10. The Morgan fingerprint density at radius 2 is 1.95 bits per heavy atom. The number of aromatic hydroxyl groups is 1. The van der Waals surface area contributed by atoms with Crippen molar-refractivity contribution in [2.75, 3.05) is 0 Å². The molecule has 0 aliphatic carbocycles. The first-order chi connectivity index (χ1) is 9.61. The van der Waals surface area contributed by atoms with Gasteiger partial charge in [-0.25, -0.2) is 4.79 Å². The fourth-order valence-electron chi connectivity index (χ4n) is 1.96. The number of fused-ring (bicyclic) bond motifs is 1. The van der Waals surface area contributed by atoms with Gasteiger partial charge in [-0.2, -0.15) is 0 Å². The van der Waals surface area contributed by atoms with E-state index in [0.29, 0.717) is 10.9 Å². The molecule has 0 saturated heterocycles. The van der Waals surface area contributed by atoms with Crippen LogP contribution in [-0.4, -0.2) is 38.5 Å². The molecule has 1 heterocycles. The van der Waals surface area contributed by atoms with Crippen LogP contribution in [0.4, 0.5) is 4.79 Å². The van der Waals surface area contributed by atoms with Gasteiger partial charge in [0.2, 0.25) is 0 Å². The maximum absolute atomic E-state index is 12.3. The molecule has 0 spiro atoms. The number of benzene rings is 1. The van der Waals surface area contributed by atoms with E-state index >= 15 is 0 Å². The minimum atomic E-state index is -1.89. The van der Waals surface area contributed by atoms with E-state index in [2.05, 4.69) is 0 Å². The number of carbonyl (C=O) groups excluding carboxylic acids is 1. The normalized spacial score (nSPS) is 11.7. The van der Waals surface area contributed by atoms with E-state index in [9.17, 15) is 19.9 Å². The first kappa shape index (κ1) is 15.7. The van der Waals surface area contributed by atoms with Crippen molar-refractivity contribution in [3.63, 3.8) is 0 Å². The second-order valence-corrected chi connectivity index (χ2v) is 5.97. The monoisotopic (exact) mass is 311 g/mol. The summed E-state index contributed by atoms with van der Waals surface area (Å²) >= 11 is 5.98. The summed E-state index contributed by atoms with van der Waals surface area (Å²) in [5.74, 6) is -0.163. The number of hydrogen-bond donors (Lipinski definition) is 3. The van der Waals surface area contributed by atoms with Crippen LogP contribution >= 0.6 is 11.6 Å². The number of aromatic nitrogens is 1. The molecule has 0 aliphatic rings. The maximum Gasteiger partial charge on any atom is 0.506 e. The smallest absolute Gasteiger partial charge is 0.506 e. The molecule has 1 aromatic heterocycles. The Hall–Kier alpha value is -1.70. The van der Waals surface area contributed by atoms with Crippen molar-refractivity contribution in [2.24, 2.45) is 0 Å². The molecule has 0 atom stereocenters. The van der Waals surface area contributed by atoms with E-state index in [1.807, 2.05) is 0 Å². The largest absolute Gasteiger partial charge is 0.506 e. The Bertz CT molecular complexity index is 705. The van der Waals surface area contributed by atoms with Gasteiger partial charge in [0.1, 0.15) is 11.4 Å². The molecule has 0 saturated carbocycles. The number of phenolic OH excluding ortho intramolecular Hbond substituents is 1. The molecule has 0 unspecified atom stereocenters. The fraction of sp³-hybridized carbons (Fsp3) is 0.308. The fourth-order valence-corrected chi connectivity index (χ4v) is 2.17. The molecule has 0 amide bonds. The highest BCUT2D eigenvalue weighted by Gasteiger charge is 2.28. The predicted molar refractivity (Wildman–Crippen MR) is 80.1 cm³/mol. The molecular weight excluding hydrogens is 296 g/mol. The summed E-state index contributed by atoms with van der Waals surface area (Å²) in [5.41, 5.74) is -0.520. The van der Waals surface area contributed by atoms with Gasteiger partial charge in [-0.05, 0) is 39.0 Å². The average Bonchev–Trinajstić information content (AvgIpc) is 2.72. The van der Waals surface area contributed by atoms with E-state index in [0.717, 1.165) is 4.57 Å². The molecule has 21 heavy (non-hydrogen) atoms. The molecule has 1 aromatic carbocycles. The summed E-state index contributed by atoms with van der Waals surface area (Å²) in [6.07, 6.45) is -0.762. The lowest BCUT2D eigenvalue weighted by atomic mass is 9.86. The van der Waals surface area contributed by atoms with Crippen LogP contribution in [-0.2, 0) is 4.74 Å². The number of rotatable bonds is 1. The Kier molecular flexibility index (Phi) is 3.92. The second kappa shape index (κ2) is 5.25. The van der Waals surface area contributed by atoms with Crippen LogP contribution in [0.5, 0.6) is 5.75 Å². The van der Waals surface area contributed by atoms with Crippen LogP contribution < -0.4 is 5.59 Å². The zero-order chi connectivity index (χ0) is 15.9. The third kappa shape index (κ3) is 3.00. The molecule has 0 fully saturated rings. The molecule has 0 bridgehead atoms. The van der Waals surface area contributed by atoms with Crippen LogP contribution in [0.2, 0.25) is 5.02 Å². The zero-order valence-corrected chi connectivity index (χ0v) is 12.5. The molecule has 8 heteroatoms. The summed E-state index contributed by atoms with van der Waals surface area (Å²) in [6, 6.07) is 4.09. The van der Waals surface area contributed by atoms with E-state index in [1.54, 1.807) is 20.8 Å². The lowest BCUT2D eigenvalue weighted by molar-refractivity contribution is 0.0547. The minimum Gasteiger partial charge on any atom is -0.506 e. The van der Waals surface area contributed by atoms with Crippen molar-refractivity contribution in [1.82, 2.24) is 4.57 Å². The molecule has 2 aromatic rings. The van der Waals surface area contributed by atoms with Crippen molar-refractivity contribution in [1.29, 1.82) is 0 Å². The summed E-state index contributed by atoms with van der Waals surface area (Å²) in [4.78, 5) is 12.3. The maximum atomic E-state index is 12.3. The molecule has 3 N–H and O–H groups in total. The average molecular weight is 312 g/mol. The Morgan fingerprint density at radius 3 is 2.48 bits per heavy atom. The molecular formula is C13H15BClNO5. The van der Waals surface area contributed by atoms with Crippen LogP contribution in [0.25, 0.3) is 10.9 Å². The number of ether oxygens (including phenoxy) is 1. The summed E-state index contributed by atoms with van der Waals surface area (Å²) < 4.78 is 6.27. The van der Waals surface area contributed by atoms with Crippen molar-refractivity contribution in [3.05, 3.63) is 23.2 Å². The lowest BCUT2D eigenvalue weighted by Crippen LogP contribution is -2.40. The van der Waals surface area contributed by atoms with E-state index in [-0.39, 0.29) is 16.4 Å². The number of nitrogens with zero attached hydrogens (tertiary/aromatic N) is 1. The third-order valence-corrected chi connectivity index (χ3v) is 3.17. The highest BCUT2D eigenvalue weighted by atomic mass is 35.5. The Morgan fingerprint density at radius 1 is 1.33 bits per heavy atom. The zero-order valence-electron chi connectivity index (χ0n) is 11.8. The van der Waals surface area contributed by atoms with Gasteiger partial charge in [0, 0.05) is 5.39 Å². The van der Waals surface area contributed by atoms with Crippen molar-refractivity contribution >= 4 is 41.3 Å². The topological polar surface area (TPSA) is 91.9 Å². The number of halogens is 1. The van der Waals surface area contributed by atoms with Gasteiger partial charge < -0.3 is 19.9 Å². The first-order valence-corrected chi connectivity index (χ1v) is 6.62. The van der Waals surface area contributed by atoms with Gasteiger partial charge in [-0.15, -0.1) is 0 Å². The van der Waals surface area contributed by atoms with E-state index in [4.69, 9.17) is 16.3 Å². The molecule has 0 aliphatic heterocycles. The van der Waals surface area contributed by atoms with Crippen LogP contribution in [0.3, 0.4) is 0 Å². The number of phenols is 1.